The monoisotopic (exact) mass is 356 g/mol. The molecule has 2 aromatic rings. The summed E-state index contributed by atoms with van der Waals surface area (Å²) < 4.78 is 41.5. The first kappa shape index (κ1) is 18.6. The highest BCUT2D eigenvalue weighted by atomic mass is 19.4. The van der Waals surface area contributed by atoms with Crippen LogP contribution in [0.4, 0.5) is 13.2 Å². The predicted octanol–water partition coefficient (Wildman–Crippen LogP) is 2.19. The van der Waals surface area contributed by atoms with Crippen LogP contribution < -0.4 is 10.8 Å². The van der Waals surface area contributed by atoms with Gasteiger partial charge in [-0.2, -0.15) is 18.2 Å². The van der Waals surface area contributed by atoms with Gasteiger partial charge in [0.15, 0.2) is 0 Å². The number of alkyl halides is 3. The lowest BCUT2D eigenvalue weighted by Gasteiger charge is -2.06. The van der Waals surface area contributed by atoms with Crippen LogP contribution in [-0.4, -0.2) is 35.7 Å². The molecule has 25 heavy (non-hydrogen) atoms. The van der Waals surface area contributed by atoms with Crippen LogP contribution >= 0.6 is 0 Å². The molecule has 0 saturated carbocycles. The van der Waals surface area contributed by atoms with Crippen molar-refractivity contribution >= 4 is 5.91 Å². The van der Waals surface area contributed by atoms with E-state index in [4.69, 9.17) is 4.84 Å². The van der Waals surface area contributed by atoms with Gasteiger partial charge in [0.2, 0.25) is 5.82 Å². The Balaban J connectivity index is 1.90. The second kappa shape index (κ2) is 8.40. The van der Waals surface area contributed by atoms with Crippen LogP contribution in [0.1, 0.15) is 16.2 Å². The van der Waals surface area contributed by atoms with E-state index in [2.05, 4.69) is 32.0 Å². The first-order valence-corrected chi connectivity index (χ1v) is 7.17. The number of nitrogens with zero attached hydrogens (tertiary/aromatic N) is 2. The summed E-state index contributed by atoms with van der Waals surface area (Å²) in [5, 5.41) is 5.93. The van der Waals surface area contributed by atoms with Crippen LogP contribution in [0.5, 0.6) is 0 Å². The fourth-order valence-electron chi connectivity index (χ4n) is 1.75. The Morgan fingerprint density at radius 2 is 2.00 bits per heavy atom. The molecule has 0 atom stereocenters. The highest BCUT2D eigenvalue weighted by molar-refractivity contribution is 5.94. The maximum Gasteiger partial charge on any atom is 0.471 e. The number of hydrogen-bond acceptors (Lipinski definition) is 6. The van der Waals surface area contributed by atoms with Crippen molar-refractivity contribution in [3.8, 4) is 11.4 Å². The molecule has 7 nitrogen and oxygen atoms in total. The molecule has 0 spiro atoms. The fraction of sp³-hybridized carbons (Fsp3) is 0.267. The van der Waals surface area contributed by atoms with Crippen molar-refractivity contribution in [2.45, 2.75) is 6.18 Å². The Hall–Kier alpha value is -2.72. The van der Waals surface area contributed by atoms with Gasteiger partial charge >= 0.3 is 12.1 Å². The molecule has 134 valence electrons. The number of nitrogens with one attached hydrogen (secondary N) is 2. The third-order valence-corrected chi connectivity index (χ3v) is 2.89. The van der Waals surface area contributed by atoms with Crippen LogP contribution in [0.2, 0.25) is 0 Å². The number of aromatic nitrogens is 2. The zero-order chi connectivity index (χ0) is 18.3. The standard InChI is InChI=1S/C15H15F3N4O3/c1-2-9-24-20-8-7-19-13(23)11-5-3-10(4-6-11)12-21-14(25-22-12)15(16,17)18/h2-6,20H,1,7-9H2,(H,19,23). The molecule has 0 saturated heterocycles. The van der Waals surface area contributed by atoms with E-state index in [1.165, 1.54) is 24.3 Å². The molecule has 2 rings (SSSR count). The minimum absolute atomic E-state index is 0.206. The number of halogens is 3. The highest BCUT2D eigenvalue weighted by Gasteiger charge is 2.38. The molecule has 0 aliphatic heterocycles. The zero-order valence-corrected chi connectivity index (χ0v) is 13.0. The topological polar surface area (TPSA) is 89.3 Å². The number of hydroxylamine groups is 1. The van der Waals surface area contributed by atoms with E-state index in [-0.39, 0.29) is 11.7 Å². The summed E-state index contributed by atoms with van der Waals surface area (Å²) in [6.07, 6.45) is -3.12. The molecule has 0 radical (unpaired) electrons. The summed E-state index contributed by atoms with van der Waals surface area (Å²) in [6, 6.07) is 5.78. The molecule has 0 aliphatic rings. The first-order valence-electron chi connectivity index (χ1n) is 7.17. The lowest BCUT2D eigenvalue weighted by molar-refractivity contribution is -0.159. The van der Waals surface area contributed by atoms with E-state index in [1.54, 1.807) is 6.08 Å². The van der Waals surface area contributed by atoms with Crippen LogP contribution in [0.3, 0.4) is 0 Å². The van der Waals surface area contributed by atoms with E-state index in [1.807, 2.05) is 0 Å². The molecule has 0 unspecified atom stereocenters. The van der Waals surface area contributed by atoms with Gasteiger partial charge in [-0.25, -0.2) is 5.48 Å². The van der Waals surface area contributed by atoms with Crippen molar-refractivity contribution in [1.82, 2.24) is 20.9 Å². The second-order valence-electron chi connectivity index (χ2n) is 4.75. The van der Waals surface area contributed by atoms with Crippen LogP contribution in [-0.2, 0) is 11.0 Å². The normalized spacial score (nSPS) is 11.3. The van der Waals surface area contributed by atoms with E-state index < -0.39 is 12.1 Å². The Labute approximate surface area is 140 Å². The average Bonchev–Trinajstić information content (AvgIpc) is 3.08. The maximum absolute atomic E-state index is 12.4. The average molecular weight is 356 g/mol. The lowest BCUT2D eigenvalue weighted by Crippen LogP contribution is -2.31. The van der Waals surface area contributed by atoms with E-state index >= 15 is 0 Å². The summed E-state index contributed by atoms with van der Waals surface area (Å²) in [4.78, 5) is 20.1. The largest absolute Gasteiger partial charge is 0.471 e. The van der Waals surface area contributed by atoms with Crippen molar-refractivity contribution in [3.63, 3.8) is 0 Å². The molecule has 1 aromatic heterocycles. The molecule has 1 aromatic carbocycles. The first-order chi connectivity index (χ1) is 11.9. The smallest absolute Gasteiger partial charge is 0.351 e. The van der Waals surface area contributed by atoms with Gasteiger partial charge in [-0.3, -0.25) is 9.63 Å². The van der Waals surface area contributed by atoms with Gasteiger partial charge in [-0.05, 0) is 12.1 Å². The van der Waals surface area contributed by atoms with E-state index in [0.29, 0.717) is 30.8 Å². The van der Waals surface area contributed by atoms with Crippen LogP contribution in [0, 0.1) is 0 Å². The van der Waals surface area contributed by atoms with E-state index in [0.717, 1.165) is 0 Å². The molecule has 1 amide bonds. The molecular formula is C15H15F3N4O3. The summed E-state index contributed by atoms with van der Waals surface area (Å²) >= 11 is 0. The molecule has 10 heteroatoms. The maximum atomic E-state index is 12.4. The summed E-state index contributed by atoms with van der Waals surface area (Å²) in [6.45, 7) is 4.57. The van der Waals surface area contributed by atoms with E-state index in [9.17, 15) is 18.0 Å². The lowest BCUT2D eigenvalue weighted by atomic mass is 10.1. The zero-order valence-electron chi connectivity index (χ0n) is 13.0. The summed E-state index contributed by atoms with van der Waals surface area (Å²) in [5.74, 6) is -1.96. The van der Waals surface area contributed by atoms with Gasteiger partial charge in [0.25, 0.3) is 5.91 Å². The number of amides is 1. The SMILES string of the molecule is C=CCONCCNC(=O)c1ccc(-c2noc(C(F)(F)F)n2)cc1. The molecule has 2 N–H and O–H groups in total. The minimum atomic E-state index is -4.70. The Morgan fingerprint density at radius 3 is 2.60 bits per heavy atom. The molecule has 0 fully saturated rings. The quantitative estimate of drug-likeness (QED) is 0.428. The van der Waals surface area contributed by atoms with Crippen molar-refractivity contribution < 1.29 is 27.3 Å². The summed E-state index contributed by atoms with van der Waals surface area (Å²) in [7, 11) is 0. The van der Waals surface area contributed by atoms with Crippen molar-refractivity contribution in [2.24, 2.45) is 0 Å². The Kier molecular flexibility index (Phi) is 6.25. The van der Waals surface area contributed by atoms with Gasteiger partial charge in [0, 0.05) is 24.2 Å². The molecule has 1 heterocycles. The summed E-state index contributed by atoms with van der Waals surface area (Å²) in [5.41, 5.74) is 3.28. The fourth-order valence-corrected chi connectivity index (χ4v) is 1.75. The Bertz CT molecular complexity index is 714. The van der Waals surface area contributed by atoms with Gasteiger partial charge in [0.05, 0.1) is 6.61 Å². The highest BCUT2D eigenvalue weighted by Crippen LogP contribution is 2.29. The predicted molar refractivity (Wildman–Crippen MR) is 81.2 cm³/mol. The number of benzene rings is 1. The van der Waals surface area contributed by atoms with Gasteiger partial charge in [0.1, 0.15) is 0 Å². The molecular weight excluding hydrogens is 341 g/mol. The Morgan fingerprint density at radius 1 is 1.28 bits per heavy atom. The molecule has 0 bridgehead atoms. The van der Waals surface area contributed by atoms with Crippen molar-refractivity contribution in [3.05, 3.63) is 48.4 Å². The number of rotatable bonds is 8. The van der Waals surface area contributed by atoms with Gasteiger partial charge < -0.3 is 9.84 Å². The van der Waals surface area contributed by atoms with Crippen molar-refractivity contribution in [1.29, 1.82) is 0 Å². The van der Waals surface area contributed by atoms with Gasteiger partial charge in [-0.15, -0.1) is 6.58 Å². The van der Waals surface area contributed by atoms with Crippen molar-refractivity contribution in [2.75, 3.05) is 19.7 Å². The van der Waals surface area contributed by atoms with Crippen LogP contribution in [0.25, 0.3) is 11.4 Å². The number of carbonyl (C=O) groups is 1. The third kappa shape index (κ3) is 5.40. The minimum Gasteiger partial charge on any atom is -0.351 e. The second-order valence-corrected chi connectivity index (χ2v) is 4.75. The number of hydrogen-bond donors (Lipinski definition) is 2. The molecule has 0 aliphatic carbocycles. The number of carbonyl (C=O) groups excluding carboxylic acids is 1. The third-order valence-electron chi connectivity index (χ3n) is 2.89. The van der Waals surface area contributed by atoms with Crippen LogP contribution in [0.15, 0.2) is 41.4 Å². The van der Waals surface area contributed by atoms with Gasteiger partial charge in [-0.1, -0.05) is 23.4 Å².